The van der Waals surface area contributed by atoms with Gasteiger partial charge in [0.2, 0.25) is 5.82 Å². The Hall–Kier alpha value is -1.90. The molecule has 0 unspecified atom stereocenters. The quantitative estimate of drug-likeness (QED) is 0.868. The zero-order chi connectivity index (χ0) is 15.1. The highest BCUT2D eigenvalue weighted by Crippen LogP contribution is 2.35. The Balaban J connectivity index is 2.48. The van der Waals surface area contributed by atoms with Crippen molar-refractivity contribution >= 4 is 0 Å². The number of halogens is 3. The average Bonchev–Trinajstić information content (AvgIpc) is 2.94. The van der Waals surface area contributed by atoms with Crippen LogP contribution in [-0.4, -0.2) is 27.0 Å². The number of nitrogens with zero attached hydrogens (tertiary/aromatic N) is 4. The number of ether oxygens (including phenoxy) is 1. The predicted octanol–water partition coefficient (Wildman–Crippen LogP) is 2.37. The van der Waals surface area contributed by atoms with Gasteiger partial charge in [0.25, 0.3) is 5.89 Å². The maximum absolute atomic E-state index is 12.9. The third kappa shape index (κ3) is 2.53. The van der Waals surface area contributed by atoms with Crippen LogP contribution >= 0.6 is 0 Å². The third-order valence-electron chi connectivity index (χ3n) is 2.79. The van der Waals surface area contributed by atoms with Crippen molar-refractivity contribution in [3.63, 3.8) is 0 Å². The second-order valence-electron chi connectivity index (χ2n) is 4.70. The molecule has 0 N–H and O–H groups in total. The fourth-order valence-corrected chi connectivity index (χ4v) is 1.53. The topological polar surface area (TPSA) is 66.0 Å². The van der Waals surface area contributed by atoms with Gasteiger partial charge in [0, 0.05) is 20.4 Å². The van der Waals surface area contributed by atoms with Crippen molar-refractivity contribution in [1.82, 2.24) is 19.9 Å². The van der Waals surface area contributed by atoms with Gasteiger partial charge in [0.05, 0.1) is 5.56 Å². The van der Waals surface area contributed by atoms with E-state index in [-0.39, 0.29) is 17.3 Å². The molecule has 0 bridgehead atoms. The van der Waals surface area contributed by atoms with Gasteiger partial charge in [-0.2, -0.15) is 23.3 Å². The van der Waals surface area contributed by atoms with Crippen molar-refractivity contribution in [3.8, 4) is 11.4 Å². The maximum Gasteiger partial charge on any atom is 0.435 e. The van der Waals surface area contributed by atoms with Gasteiger partial charge in [-0.25, -0.2) is 0 Å². The van der Waals surface area contributed by atoms with E-state index in [0.29, 0.717) is 0 Å². The summed E-state index contributed by atoms with van der Waals surface area (Å²) < 4.78 is 49.8. The molecule has 20 heavy (non-hydrogen) atoms. The van der Waals surface area contributed by atoms with E-state index < -0.39 is 17.5 Å². The Morgan fingerprint density at radius 1 is 1.30 bits per heavy atom. The molecule has 0 saturated carbocycles. The van der Waals surface area contributed by atoms with E-state index in [9.17, 15) is 13.2 Å². The molecule has 9 heteroatoms. The molecule has 0 aliphatic carbocycles. The second-order valence-corrected chi connectivity index (χ2v) is 4.70. The van der Waals surface area contributed by atoms with Crippen molar-refractivity contribution in [3.05, 3.63) is 17.8 Å². The normalized spacial score (nSPS) is 12.9. The van der Waals surface area contributed by atoms with E-state index in [2.05, 4.69) is 15.2 Å². The first-order chi connectivity index (χ1) is 9.15. The lowest BCUT2D eigenvalue weighted by Gasteiger charge is -2.16. The third-order valence-corrected chi connectivity index (χ3v) is 2.79. The molecule has 6 nitrogen and oxygen atoms in total. The lowest BCUT2D eigenvalue weighted by Crippen LogP contribution is -2.19. The van der Waals surface area contributed by atoms with E-state index >= 15 is 0 Å². The molecule has 2 heterocycles. The summed E-state index contributed by atoms with van der Waals surface area (Å²) in [6, 6.07) is 0. The Bertz CT molecular complexity index is 615. The van der Waals surface area contributed by atoms with E-state index in [0.717, 1.165) is 4.68 Å². The average molecular weight is 290 g/mol. The van der Waals surface area contributed by atoms with Crippen LogP contribution in [0.3, 0.4) is 0 Å². The molecule has 0 aromatic carbocycles. The van der Waals surface area contributed by atoms with E-state index in [1.54, 1.807) is 13.8 Å². The Labute approximate surface area is 112 Å². The number of hydrogen-bond acceptors (Lipinski definition) is 5. The summed E-state index contributed by atoms with van der Waals surface area (Å²) in [5.74, 6) is -0.0856. The molecule has 0 spiro atoms. The molecule has 0 atom stereocenters. The zero-order valence-electron chi connectivity index (χ0n) is 11.3. The van der Waals surface area contributed by atoms with Crippen LogP contribution in [0.25, 0.3) is 11.4 Å². The van der Waals surface area contributed by atoms with Gasteiger partial charge in [0.15, 0.2) is 5.69 Å². The fourth-order valence-electron chi connectivity index (χ4n) is 1.53. The lowest BCUT2D eigenvalue weighted by molar-refractivity contribution is -0.141. The molecule has 0 saturated heterocycles. The summed E-state index contributed by atoms with van der Waals surface area (Å²) in [7, 11) is 2.83. The number of aryl methyl sites for hydroxylation is 1. The standard InChI is InChI=1S/C11H13F3N4O2/c1-10(2,19-4)9-15-8(17-20-9)6-5-18(3)16-7(6)11(12,13)14/h5H,1-4H3. The van der Waals surface area contributed by atoms with Gasteiger partial charge in [-0.05, 0) is 13.8 Å². The Morgan fingerprint density at radius 3 is 2.50 bits per heavy atom. The van der Waals surface area contributed by atoms with Crippen LogP contribution < -0.4 is 0 Å². The van der Waals surface area contributed by atoms with Crippen molar-refractivity contribution in [2.75, 3.05) is 7.11 Å². The summed E-state index contributed by atoms with van der Waals surface area (Å²) in [5, 5.41) is 6.96. The summed E-state index contributed by atoms with van der Waals surface area (Å²) in [5.41, 5.74) is -2.17. The second kappa shape index (κ2) is 4.58. The number of rotatable bonds is 3. The summed E-state index contributed by atoms with van der Waals surface area (Å²) in [6.45, 7) is 3.33. The van der Waals surface area contributed by atoms with Crippen LogP contribution in [0.5, 0.6) is 0 Å². The fraction of sp³-hybridized carbons (Fsp3) is 0.545. The van der Waals surface area contributed by atoms with Crippen LogP contribution in [0.2, 0.25) is 0 Å². The zero-order valence-corrected chi connectivity index (χ0v) is 11.3. The maximum atomic E-state index is 12.9. The van der Waals surface area contributed by atoms with Gasteiger partial charge in [-0.1, -0.05) is 5.16 Å². The van der Waals surface area contributed by atoms with Gasteiger partial charge in [0.1, 0.15) is 5.60 Å². The molecule has 0 aliphatic rings. The minimum atomic E-state index is -4.59. The number of alkyl halides is 3. The highest BCUT2D eigenvalue weighted by Gasteiger charge is 2.39. The molecule has 0 aliphatic heterocycles. The highest BCUT2D eigenvalue weighted by atomic mass is 19.4. The molecule has 0 amide bonds. The molecule has 0 radical (unpaired) electrons. The Kier molecular flexibility index (Phi) is 3.32. The summed E-state index contributed by atoms with van der Waals surface area (Å²) in [6.07, 6.45) is -3.40. The monoisotopic (exact) mass is 290 g/mol. The lowest BCUT2D eigenvalue weighted by atomic mass is 10.1. The molecule has 0 fully saturated rings. The minimum absolute atomic E-state index is 0.0898. The largest absolute Gasteiger partial charge is 0.435 e. The highest BCUT2D eigenvalue weighted by molar-refractivity contribution is 5.57. The summed E-state index contributed by atoms with van der Waals surface area (Å²) in [4.78, 5) is 3.95. The van der Waals surface area contributed by atoms with Crippen LogP contribution in [0, 0.1) is 0 Å². The first kappa shape index (κ1) is 14.5. The van der Waals surface area contributed by atoms with Crippen molar-refractivity contribution < 1.29 is 22.4 Å². The van der Waals surface area contributed by atoms with Crippen LogP contribution in [0.1, 0.15) is 25.4 Å². The minimum Gasteiger partial charge on any atom is -0.369 e. The van der Waals surface area contributed by atoms with Gasteiger partial charge in [-0.3, -0.25) is 4.68 Å². The molecular weight excluding hydrogens is 277 g/mol. The van der Waals surface area contributed by atoms with Gasteiger partial charge >= 0.3 is 6.18 Å². The van der Waals surface area contributed by atoms with Crippen LogP contribution in [-0.2, 0) is 23.6 Å². The van der Waals surface area contributed by atoms with Gasteiger partial charge < -0.3 is 9.26 Å². The molecule has 2 aromatic rings. The molecule has 2 aromatic heterocycles. The Morgan fingerprint density at radius 2 is 1.95 bits per heavy atom. The first-order valence-corrected chi connectivity index (χ1v) is 5.65. The predicted molar refractivity (Wildman–Crippen MR) is 61.5 cm³/mol. The summed E-state index contributed by atoms with van der Waals surface area (Å²) >= 11 is 0. The smallest absolute Gasteiger partial charge is 0.369 e. The van der Waals surface area contributed by atoms with E-state index in [1.807, 2.05) is 0 Å². The number of aromatic nitrogens is 4. The van der Waals surface area contributed by atoms with Gasteiger partial charge in [-0.15, -0.1) is 0 Å². The molecular formula is C11H13F3N4O2. The van der Waals surface area contributed by atoms with Crippen molar-refractivity contribution in [1.29, 1.82) is 0 Å². The van der Waals surface area contributed by atoms with Crippen LogP contribution in [0.15, 0.2) is 10.7 Å². The van der Waals surface area contributed by atoms with Crippen molar-refractivity contribution in [2.45, 2.75) is 25.6 Å². The first-order valence-electron chi connectivity index (χ1n) is 5.65. The number of hydrogen-bond donors (Lipinski definition) is 0. The molecule has 2 rings (SSSR count). The SMILES string of the molecule is COC(C)(C)c1nc(-c2cn(C)nc2C(F)(F)F)no1. The number of methoxy groups -OCH3 is 1. The van der Waals surface area contributed by atoms with Crippen LogP contribution in [0.4, 0.5) is 13.2 Å². The van der Waals surface area contributed by atoms with E-state index in [1.165, 1.54) is 20.4 Å². The van der Waals surface area contributed by atoms with Crippen molar-refractivity contribution in [2.24, 2.45) is 7.05 Å². The molecule has 110 valence electrons. The van der Waals surface area contributed by atoms with E-state index in [4.69, 9.17) is 9.26 Å².